The molecule has 54 valence electrons. The average molecular weight is 210 g/mol. The van der Waals surface area contributed by atoms with E-state index in [0.717, 1.165) is 0 Å². The molecule has 1 aromatic heterocycles. The van der Waals surface area contributed by atoms with Crippen molar-refractivity contribution in [3.63, 3.8) is 0 Å². The van der Waals surface area contributed by atoms with Crippen LogP contribution in [0.25, 0.3) is 0 Å². The second kappa shape index (κ2) is 2.88. The lowest BCUT2D eigenvalue weighted by molar-refractivity contribution is 0.0563. The summed E-state index contributed by atoms with van der Waals surface area (Å²) in [5.74, 6) is -1.74. The molecule has 1 aromatic rings. The third kappa shape index (κ3) is 1.21. The zero-order valence-corrected chi connectivity index (χ0v) is 6.19. The molecule has 0 unspecified atom stereocenters. The number of hydrogen-bond donors (Lipinski definition) is 0. The second-order valence-electron chi connectivity index (χ2n) is 1.36. The maximum atomic E-state index is 11.2. The van der Waals surface area contributed by atoms with E-state index in [1.165, 1.54) is 0 Å². The monoisotopic (exact) mass is 209 g/mol. The van der Waals surface area contributed by atoms with E-state index in [2.05, 4.69) is 25.1 Å². The van der Waals surface area contributed by atoms with E-state index in [4.69, 9.17) is 6.85 Å². The third-order valence-electron chi connectivity index (χ3n) is 0.791. The molecule has 0 spiro atoms. The van der Waals surface area contributed by atoms with Gasteiger partial charge in [-0.1, -0.05) is 0 Å². The zero-order chi connectivity index (χ0) is 11.8. The Hall–Kier alpha value is -0.770. The van der Waals surface area contributed by atoms with Gasteiger partial charge in [0.1, 0.15) is 1.37 Å². The predicted molar refractivity (Wildman–Crippen MR) is 37.7 cm³/mol. The second-order valence-corrected chi connectivity index (χ2v) is 2.15. The molecular weight excluding hydrogens is 200 g/mol. The molecule has 0 atom stereocenters. The molecule has 0 aromatic carbocycles. The van der Waals surface area contributed by atoms with Gasteiger partial charge in [0.05, 0.1) is 23.2 Å². The molecule has 0 N–H and O–H groups in total. The minimum atomic E-state index is -2.88. The molecule has 10 heavy (non-hydrogen) atoms. The molecule has 1 rings (SSSR count). The minimum Gasteiger partial charge on any atom is -0.463 e. The summed E-state index contributed by atoms with van der Waals surface area (Å²) in [6.07, 6.45) is -0.542. The van der Waals surface area contributed by atoms with Crippen molar-refractivity contribution in [3.05, 3.63) is 22.5 Å². The SMILES string of the molecule is [2H]c1oc(C(=O)OC([2H])([2H])[2H])c(Br)c1[2H]. The number of carbonyl (C=O) groups is 1. The Bertz CT molecular complexity index is 396. The number of esters is 1. The minimum absolute atomic E-state index is 0.0956. The topological polar surface area (TPSA) is 39.4 Å². The van der Waals surface area contributed by atoms with Gasteiger partial charge in [0, 0.05) is 0 Å². The van der Waals surface area contributed by atoms with Crippen molar-refractivity contribution in [1.82, 2.24) is 0 Å². The summed E-state index contributed by atoms with van der Waals surface area (Å²) >= 11 is 2.82. The Balaban J connectivity index is 2.98. The number of rotatable bonds is 1. The Labute approximate surface area is 73.1 Å². The molecule has 0 aliphatic carbocycles. The summed E-state index contributed by atoms with van der Waals surface area (Å²) in [6.45, 7) is 0. The largest absolute Gasteiger partial charge is 0.463 e. The van der Waals surface area contributed by atoms with Crippen LogP contribution in [0.15, 0.2) is 21.2 Å². The number of halogens is 1. The van der Waals surface area contributed by atoms with E-state index >= 15 is 0 Å². The molecule has 0 aliphatic heterocycles. The molecular formula is C6H5BrO3. The fourth-order valence-corrected chi connectivity index (χ4v) is 0.724. The molecule has 1 heterocycles. The molecule has 0 saturated heterocycles. The maximum Gasteiger partial charge on any atom is 0.375 e. The first-order chi connectivity index (χ1) is 6.72. The summed E-state index contributed by atoms with van der Waals surface area (Å²) in [5.41, 5.74) is 0. The lowest BCUT2D eigenvalue weighted by atomic mass is 10.5. The number of methoxy groups -OCH3 is 1. The van der Waals surface area contributed by atoms with Gasteiger partial charge in [-0.15, -0.1) is 0 Å². The Morgan fingerprint density at radius 1 is 2.10 bits per heavy atom. The van der Waals surface area contributed by atoms with Gasteiger partial charge in [0.2, 0.25) is 5.76 Å². The zero-order valence-electron chi connectivity index (χ0n) is 9.60. The van der Waals surface area contributed by atoms with E-state index in [0.29, 0.717) is 0 Å². The molecule has 0 aliphatic rings. The number of ether oxygens (including phenoxy) is 1. The van der Waals surface area contributed by atoms with Gasteiger partial charge in [-0.2, -0.15) is 0 Å². The quantitative estimate of drug-likeness (QED) is 0.663. The summed E-state index contributed by atoms with van der Waals surface area (Å²) in [7, 11) is -2.88. The van der Waals surface area contributed by atoms with Crippen LogP contribution in [-0.4, -0.2) is 13.0 Å². The standard InChI is InChI=1S/C6H5BrO3/c1-9-6(8)5-4(7)2-3-10-5/h2-3H,1H3/i1D3,2D,3D. The fraction of sp³-hybridized carbons (Fsp3) is 0.167. The summed E-state index contributed by atoms with van der Waals surface area (Å²) in [4.78, 5) is 11.2. The van der Waals surface area contributed by atoms with Crippen LogP contribution < -0.4 is 0 Å². The van der Waals surface area contributed by atoms with Crippen molar-refractivity contribution in [1.29, 1.82) is 0 Å². The Kier molecular flexibility index (Phi) is 0.888. The Morgan fingerprint density at radius 2 is 2.90 bits per heavy atom. The van der Waals surface area contributed by atoms with Crippen LogP contribution in [0.1, 0.15) is 17.4 Å². The molecule has 0 fully saturated rings. The van der Waals surface area contributed by atoms with Crippen molar-refractivity contribution >= 4 is 21.9 Å². The highest BCUT2D eigenvalue weighted by atomic mass is 79.9. The van der Waals surface area contributed by atoms with Gasteiger partial charge in [-0.25, -0.2) is 4.79 Å². The third-order valence-corrected chi connectivity index (χ3v) is 1.35. The van der Waals surface area contributed by atoms with E-state index in [1.54, 1.807) is 0 Å². The van der Waals surface area contributed by atoms with Crippen LogP contribution in [0.3, 0.4) is 0 Å². The van der Waals surface area contributed by atoms with Gasteiger partial charge in [-0.05, 0) is 22.0 Å². The van der Waals surface area contributed by atoms with Crippen LogP contribution in [0.2, 0.25) is 0 Å². The summed E-state index contributed by atoms with van der Waals surface area (Å²) < 4.78 is 42.8. The number of hydrogen-bond acceptors (Lipinski definition) is 3. The predicted octanol–water partition coefficient (Wildman–Crippen LogP) is 1.83. The van der Waals surface area contributed by atoms with Crippen LogP contribution in [0.5, 0.6) is 0 Å². The lowest BCUT2D eigenvalue weighted by Crippen LogP contribution is -1.99. The smallest absolute Gasteiger partial charge is 0.375 e. The van der Waals surface area contributed by atoms with E-state index < -0.39 is 25.0 Å². The van der Waals surface area contributed by atoms with Gasteiger partial charge in [0.15, 0.2) is 0 Å². The molecule has 0 amide bonds. The van der Waals surface area contributed by atoms with Gasteiger partial charge >= 0.3 is 5.97 Å². The van der Waals surface area contributed by atoms with Gasteiger partial charge < -0.3 is 9.15 Å². The normalized spacial score (nSPS) is 17.9. The molecule has 0 saturated carbocycles. The first-order valence-corrected chi connectivity index (χ1v) is 3.00. The van der Waals surface area contributed by atoms with Gasteiger partial charge in [-0.3, -0.25) is 0 Å². The van der Waals surface area contributed by atoms with E-state index in [1.807, 2.05) is 0 Å². The Morgan fingerprint density at radius 3 is 3.40 bits per heavy atom. The fourth-order valence-electron chi connectivity index (χ4n) is 0.401. The van der Waals surface area contributed by atoms with Crippen molar-refractivity contribution in [2.45, 2.75) is 0 Å². The molecule has 4 heteroatoms. The first kappa shape index (κ1) is 3.09. The molecule has 0 radical (unpaired) electrons. The van der Waals surface area contributed by atoms with Crippen molar-refractivity contribution < 1.29 is 20.8 Å². The van der Waals surface area contributed by atoms with Crippen LogP contribution in [-0.2, 0) is 4.74 Å². The lowest BCUT2D eigenvalue weighted by Gasteiger charge is -1.92. The maximum absolute atomic E-state index is 11.2. The number of carbonyl (C=O) groups excluding carboxylic acids is 1. The van der Waals surface area contributed by atoms with Crippen molar-refractivity contribution in [2.75, 3.05) is 7.04 Å². The van der Waals surface area contributed by atoms with Gasteiger partial charge in [0.25, 0.3) is 0 Å². The molecule has 0 bridgehead atoms. The van der Waals surface area contributed by atoms with E-state index in [-0.39, 0.29) is 10.5 Å². The first-order valence-electron chi connectivity index (χ1n) is 4.71. The number of furan rings is 1. The summed E-state index contributed by atoms with van der Waals surface area (Å²) in [6, 6.07) is -0.340. The van der Waals surface area contributed by atoms with Crippen molar-refractivity contribution in [3.8, 4) is 0 Å². The highest BCUT2D eigenvalue weighted by molar-refractivity contribution is 9.10. The van der Waals surface area contributed by atoms with Crippen LogP contribution in [0.4, 0.5) is 0 Å². The highest BCUT2D eigenvalue weighted by Crippen LogP contribution is 2.17. The summed E-state index contributed by atoms with van der Waals surface area (Å²) in [5, 5.41) is 0. The average Bonchev–Trinajstić information content (AvgIpc) is 2.30. The van der Waals surface area contributed by atoms with Crippen LogP contribution >= 0.6 is 15.9 Å². The van der Waals surface area contributed by atoms with Crippen molar-refractivity contribution in [2.24, 2.45) is 0 Å². The molecule has 3 nitrogen and oxygen atoms in total. The highest BCUT2D eigenvalue weighted by Gasteiger charge is 2.12. The van der Waals surface area contributed by atoms with Crippen LogP contribution in [0, 0.1) is 0 Å². The van der Waals surface area contributed by atoms with E-state index in [9.17, 15) is 4.79 Å².